The number of methoxy groups -OCH3 is 1. The zero-order chi connectivity index (χ0) is 19.5. The highest BCUT2D eigenvalue weighted by Gasteiger charge is 2.54. The van der Waals surface area contributed by atoms with Crippen molar-refractivity contribution >= 4 is 23.7 Å². The van der Waals surface area contributed by atoms with Crippen molar-refractivity contribution in [1.82, 2.24) is 0 Å². The Morgan fingerprint density at radius 1 is 1.00 bits per heavy atom. The first kappa shape index (κ1) is 23.0. The Bertz CT molecular complexity index is 473. The van der Waals surface area contributed by atoms with Crippen LogP contribution in [0.15, 0.2) is 0 Å². The predicted molar refractivity (Wildman–Crippen MR) is 87.5 cm³/mol. The zero-order valence-corrected chi connectivity index (χ0v) is 15.3. The van der Waals surface area contributed by atoms with Gasteiger partial charge >= 0.3 is 17.9 Å². The molecule has 8 nitrogen and oxygen atoms in total. The molecule has 0 aromatic carbocycles. The highest BCUT2D eigenvalue weighted by atomic mass is 16.6. The molecule has 144 valence electrons. The van der Waals surface area contributed by atoms with Crippen LogP contribution in [0, 0.1) is 5.92 Å². The smallest absolute Gasteiger partial charge is 0.340 e. The summed E-state index contributed by atoms with van der Waals surface area (Å²) in [5.74, 6) is -5.92. The summed E-state index contributed by atoms with van der Waals surface area (Å²) in [6.07, 6.45) is 1.70. The topological polar surface area (TPSA) is 116 Å². The number of Topliss-reactive ketones (excluding diaryl/α,β-unsaturated/α-hetero) is 1. The maximum Gasteiger partial charge on any atom is 0.340 e. The van der Waals surface area contributed by atoms with Crippen molar-refractivity contribution < 1.29 is 38.5 Å². The fraction of sp³-hybridized carbons (Fsp3) is 0.765. The van der Waals surface area contributed by atoms with Crippen molar-refractivity contribution in [2.75, 3.05) is 20.3 Å². The SMILES string of the molecule is CCCCOC(=O)C(C(C)=O)C(O)(CC(=O)OC)C(=O)OCCCC. The van der Waals surface area contributed by atoms with Crippen molar-refractivity contribution in [3.05, 3.63) is 0 Å². The highest BCUT2D eigenvalue weighted by molar-refractivity contribution is 6.05. The summed E-state index contributed by atoms with van der Waals surface area (Å²) >= 11 is 0. The fourth-order valence-corrected chi connectivity index (χ4v) is 2.12. The molecule has 0 aliphatic rings. The van der Waals surface area contributed by atoms with Gasteiger partial charge < -0.3 is 19.3 Å². The number of ketones is 1. The van der Waals surface area contributed by atoms with E-state index in [4.69, 9.17) is 9.47 Å². The van der Waals surface area contributed by atoms with Crippen LogP contribution >= 0.6 is 0 Å². The minimum atomic E-state index is -2.67. The van der Waals surface area contributed by atoms with Crippen molar-refractivity contribution in [3.63, 3.8) is 0 Å². The Hall–Kier alpha value is -1.96. The zero-order valence-electron chi connectivity index (χ0n) is 15.3. The molecule has 0 saturated heterocycles. The number of hydrogen-bond acceptors (Lipinski definition) is 8. The molecule has 2 atom stereocenters. The molecule has 0 aliphatic heterocycles. The number of ether oxygens (including phenoxy) is 3. The van der Waals surface area contributed by atoms with Crippen molar-refractivity contribution in [1.29, 1.82) is 0 Å². The van der Waals surface area contributed by atoms with Gasteiger partial charge in [-0.15, -0.1) is 0 Å². The summed E-state index contributed by atoms with van der Waals surface area (Å²) in [6, 6.07) is 0. The maximum absolute atomic E-state index is 12.3. The van der Waals surface area contributed by atoms with E-state index >= 15 is 0 Å². The Morgan fingerprint density at radius 2 is 1.52 bits per heavy atom. The molecule has 0 saturated carbocycles. The Labute approximate surface area is 147 Å². The first-order valence-corrected chi connectivity index (χ1v) is 8.38. The number of hydrogen-bond donors (Lipinski definition) is 1. The van der Waals surface area contributed by atoms with Crippen molar-refractivity contribution in [2.24, 2.45) is 5.92 Å². The van der Waals surface area contributed by atoms with Crippen LogP contribution in [0.5, 0.6) is 0 Å². The number of carbonyl (C=O) groups excluding carboxylic acids is 4. The summed E-state index contributed by atoms with van der Waals surface area (Å²) in [5, 5.41) is 10.7. The van der Waals surface area contributed by atoms with E-state index in [0.29, 0.717) is 12.8 Å². The van der Waals surface area contributed by atoms with Crippen molar-refractivity contribution in [2.45, 2.75) is 58.5 Å². The van der Waals surface area contributed by atoms with Gasteiger partial charge in [-0.05, 0) is 19.8 Å². The van der Waals surface area contributed by atoms with Crippen LogP contribution in [0.4, 0.5) is 0 Å². The Kier molecular flexibility index (Phi) is 10.7. The van der Waals surface area contributed by atoms with E-state index in [1.54, 1.807) is 0 Å². The molecule has 0 heterocycles. The van der Waals surface area contributed by atoms with Crippen LogP contribution in [-0.4, -0.2) is 54.7 Å². The van der Waals surface area contributed by atoms with Crippen LogP contribution in [-0.2, 0) is 33.4 Å². The van der Waals surface area contributed by atoms with Crippen LogP contribution in [0.25, 0.3) is 0 Å². The average Bonchev–Trinajstić information content (AvgIpc) is 2.54. The number of aliphatic hydroxyl groups is 1. The van der Waals surface area contributed by atoms with Crippen LogP contribution in [0.3, 0.4) is 0 Å². The lowest BCUT2D eigenvalue weighted by molar-refractivity contribution is -0.187. The summed E-state index contributed by atoms with van der Waals surface area (Å²) in [7, 11) is 1.06. The molecule has 8 heteroatoms. The molecule has 25 heavy (non-hydrogen) atoms. The van der Waals surface area contributed by atoms with E-state index in [2.05, 4.69) is 4.74 Å². The second kappa shape index (κ2) is 11.6. The van der Waals surface area contributed by atoms with Gasteiger partial charge in [-0.25, -0.2) is 4.79 Å². The third-order valence-electron chi connectivity index (χ3n) is 3.59. The van der Waals surface area contributed by atoms with E-state index in [9.17, 15) is 24.3 Å². The summed E-state index contributed by atoms with van der Waals surface area (Å²) < 4.78 is 14.4. The average molecular weight is 360 g/mol. The van der Waals surface area contributed by atoms with Crippen LogP contribution in [0.1, 0.15) is 52.9 Å². The maximum atomic E-state index is 12.3. The van der Waals surface area contributed by atoms with Gasteiger partial charge in [-0.2, -0.15) is 0 Å². The van der Waals surface area contributed by atoms with Crippen LogP contribution < -0.4 is 0 Å². The van der Waals surface area contributed by atoms with Gasteiger partial charge in [0, 0.05) is 0 Å². The standard InChI is InChI=1S/C17H28O8/c1-5-7-9-24-15(20)14(12(3)18)17(22,11-13(19)23-4)16(21)25-10-8-6-2/h14,22H,5-11H2,1-4H3. The molecule has 0 rings (SSSR count). The predicted octanol–water partition coefficient (Wildman–Crippen LogP) is 1.17. The van der Waals surface area contributed by atoms with Gasteiger partial charge in [0.1, 0.15) is 5.78 Å². The minimum Gasteiger partial charge on any atom is -0.469 e. The van der Waals surface area contributed by atoms with E-state index < -0.39 is 41.6 Å². The molecule has 0 fully saturated rings. The molecular formula is C17H28O8. The molecule has 0 aromatic rings. The lowest BCUT2D eigenvalue weighted by Crippen LogP contribution is -2.54. The first-order valence-electron chi connectivity index (χ1n) is 8.38. The van der Waals surface area contributed by atoms with Gasteiger partial charge in [-0.1, -0.05) is 26.7 Å². The molecule has 0 aliphatic carbocycles. The molecule has 0 bridgehead atoms. The summed E-state index contributed by atoms with van der Waals surface area (Å²) in [5.41, 5.74) is -2.67. The van der Waals surface area contributed by atoms with Gasteiger partial charge in [0.05, 0.1) is 26.7 Å². The monoisotopic (exact) mass is 360 g/mol. The lowest BCUT2D eigenvalue weighted by atomic mass is 9.81. The van der Waals surface area contributed by atoms with E-state index in [1.807, 2.05) is 13.8 Å². The molecule has 2 unspecified atom stereocenters. The Morgan fingerprint density at radius 3 is 1.96 bits per heavy atom. The molecule has 0 radical (unpaired) electrons. The quantitative estimate of drug-likeness (QED) is 0.239. The second-order valence-electron chi connectivity index (χ2n) is 5.73. The molecule has 1 N–H and O–H groups in total. The van der Waals surface area contributed by atoms with Gasteiger partial charge in [0.15, 0.2) is 11.5 Å². The minimum absolute atomic E-state index is 0.00563. The molecule has 0 amide bonds. The fourth-order valence-electron chi connectivity index (χ4n) is 2.12. The Balaban J connectivity index is 5.53. The van der Waals surface area contributed by atoms with E-state index in [-0.39, 0.29) is 13.2 Å². The number of carbonyl (C=O) groups is 4. The lowest BCUT2D eigenvalue weighted by Gasteiger charge is -2.30. The highest BCUT2D eigenvalue weighted by Crippen LogP contribution is 2.27. The van der Waals surface area contributed by atoms with Gasteiger partial charge in [0.25, 0.3) is 0 Å². The first-order chi connectivity index (χ1) is 11.7. The number of esters is 3. The van der Waals surface area contributed by atoms with Crippen LogP contribution in [0.2, 0.25) is 0 Å². The third-order valence-corrected chi connectivity index (χ3v) is 3.59. The molecule has 0 aromatic heterocycles. The summed E-state index contributed by atoms with van der Waals surface area (Å²) in [6.45, 7) is 4.83. The van der Waals surface area contributed by atoms with Gasteiger partial charge in [0.2, 0.25) is 0 Å². The molecule has 0 spiro atoms. The summed E-state index contributed by atoms with van der Waals surface area (Å²) in [4.78, 5) is 48.1. The number of rotatable bonds is 12. The van der Waals surface area contributed by atoms with E-state index in [1.165, 1.54) is 0 Å². The number of unbranched alkanes of at least 4 members (excludes halogenated alkanes) is 2. The second-order valence-corrected chi connectivity index (χ2v) is 5.73. The van der Waals surface area contributed by atoms with Gasteiger partial charge in [-0.3, -0.25) is 14.4 Å². The normalized spacial score (nSPS) is 14.1. The van der Waals surface area contributed by atoms with E-state index in [0.717, 1.165) is 26.9 Å². The largest absolute Gasteiger partial charge is 0.469 e. The van der Waals surface area contributed by atoms with Crippen molar-refractivity contribution in [3.8, 4) is 0 Å². The molecular weight excluding hydrogens is 332 g/mol. The third kappa shape index (κ3) is 7.21.